The highest BCUT2D eigenvalue weighted by atomic mass is 16.5. The van der Waals surface area contributed by atoms with E-state index in [1.165, 1.54) is 0 Å². The quantitative estimate of drug-likeness (QED) is 0.753. The Morgan fingerprint density at radius 3 is 2.52 bits per heavy atom. The summed E-state index contributed by atoms with van der Waals surface area (Å²) in [5.74, 6) is 1.43. The van der Waals surface area contributed by atoms with Crippen LogP contribution in [0, 0.1) is 13.8 Å². The Balaban J connectivity index is 1.97. The summed E-state index contributed by atoms with van der Waals surface area (Å²) in [6.07, 6.45) is 0.327. The van der Waals surface area contributed by atoms with Crippen LogP contribution in [0.3, 0.4) is 0 Å². The van der Waals surface area contributed by atoms with Gasteiger partial charge in [0.1, 0.15) is 11.5 Å². The summed E-state index contributed by atoms with van der Waals surface area (Å²) in [5.41, 5.74) is 2.79. The fourth-order valence-electron chi connectivity index (χ4n) is 2.14. The molecule has 0 N–H and O–H groups in total. The zero-order valence-electron chi connectivity index (χ0n) is 12.7. The first-order valence-electron chi connectivity index (χ1n) is 6.97. The van der Waals surface area contributed by atoms with Gasteiger partial charge in [-0.15, -0.1) is 0 Å². The van der Waals surface area contributed by atoms with Gasteiger partial charge in [-0.1, -0.05) is 23.8 Å². The number of aryl methyl sites for hydroxylation is 2. The van der Waals surface area contributed by atoms with Crippen molar-refractivity contribution in [2.45, 2.75) is 20.3 Å². The number of methoxy groups -OCH3 is 1. The summed E-state index contributed by atoms with van der Waals surface area (Å²) in [5, 5.41) is 0. The minimum atomic E-state index is 0.0307. The Bertz CT molecular complexity index is 632. The van der Waals surface area contributed by atoms with E-state index < -0.39 is 0 Å². The Morgan fingerprint density at radius 1 is 1.05 bits per heavy atom. The molecule has 3 heteroatoms. The molecule has 2 aromatic carbocycles. The Kier molecular flexibility index (Phi) is 4.99. The van der Waals surface area contributed by atoms with Crippen molar-refractivity contribution in [2.24, 2.45) is 0 Å². The van der Waals surface area contributed by atoms with Crippen molar-refractivity contribution in [3.8, 4) is 11.5 Å². The highest BCUT2D eigenvalue weighted by Gasteiger charge is 2.12. The summed E-state index contributed by atoms with van der Waals surface area (Å²) in [4.78, 5) is 12.3. The number of hydrogen-bond acceptors (Lipinski definition) is 3. The van der Waals surface area contributed by atoms with E-state index in [-0.39, 0.29) is 5.78 Å². The fraction of sp³-hybridized carbons (Fsp3) is 0.278. The zero-order chi connectivity index (χ0) is 15.2. The van der Waals surface area contributed by atoms with Crippen molar-refractivity contribution in [3.05, 3.63) is 59.2 Å². The molecule has 0 heterocycles. The van der Waals surface area contributed by atoms with Crippen molar-refractivity contribution < 1.29 is 14.3 Å². The Labute approximate surface area is 125 Å². The molecule has 2 rings (SSSR count). The van der Waals surface area contributed by atoms with E-state index in [2.05, 4.69) is 0 Å². The van der Waals surface area contributed by atoms with Crippen LogP contribution < -0.4 is 9.47 Å². The summed E-state index contributed by atoms with van der Waals surface area (Å²) >= 11 is 0. The number of rotatable bonds is 6. The van der Waals surface area contributed by atoms with Crippen LogP contribution in [0.5, 0.6) is 11.5 Å². The van der Waals surface area contributed by atoms with Gasteiger partial charge in [0.25, 0.3) is 0 Å². The molecule has 0 aromatic heterocycles. The molecule has 0 bridgehead atoms. The van der Waals surface area contributed by atoms with Gasteiger partial charge in [0, 0.05) is 6.42 Å². The highest BCUT2D eigenvalue weighted by molar-refractivity contribution is 5.98. The van der Waals surface area contributed by atoms with Crippen LogP contribution in [0.4, 0.5) is 0 Å². The molecule has 0 aliphatic carbocycles. The van der Waals surface area contributed by atoms with Crippen LogP contribution in [0.1, 0.15) is 27.9 Å². The molecular weight excluding hydrogens is 264 g/mol. The minimum Gasteiger partial charge on any atom is -0.496 e. The first-order chi connectivity index (χ1) is 10.1. The van der Waals surface area contributed by atoms with Crippen LogP contribution in [-0.4, -0.2) is 19.5 Å². The molecule has 0 fully saturated rings. The molecule has 0 spiro atoms. The SMILES string of the molecule is COc1ccc(C)cc1C(=O)CCOc1cccc(C)c1. The molecule has 0 saturated carbocycles. The van der Waals surface area contributed by atoms with Gasteiger partial charge < -0.3 is 9.47 Å². The molecule has 3 nitrogen and oxygen atoms in total. The predicted molar refractivity (Wildman–Crippen MR) is 83.4 cm³/mol. The van der Waals surface area contributed by atoms with Crippen LogP contribution in [0.25, 0.3) is 0 Å². The molecule has 0 aliphatic heterocycles. The minimum absolute atomic E-state index is 0.0307. The van der Waals surface area contributed by atoms with Gasteiger partial charge in [0.05, 0.1) is 19.3 Å². The van der Waals surface area contributed by atoms with Gasteiger partial charge in [-0.3, -0.25) is 4.79 Å². The second kappa shape index (κ2) is 6.93. The third-order valence-electron chi connectivity index (χ3n) is 3.24. The van der Waals surface area contributed by atoms with Gasteiger partial charge in [-0.2, -0.15) is 0 Å². The van der Waals surface area contributed by atoms with Crippen LogP contribution in [0.15, 0.2) is 42.5 Å². The van der Waals surface area contributed by atoms with Crippen molar-refractivity contribution >= 4 is 5.78 Å². The van der Waals surface area contributed by atoms with Gasteiger partial charge in [0.2, 0.25) is 0 Å². The molecule has 0 aliphatic rings. The van der Waals surface area contributed by atoms with Gasteiger partial charge in [-0.05, 0) is 43.7 Å². The summed E-state index contributed by atoms with van der Waals surface area (Å²) in [6.45, 7) is 4.33. The number of hydrogen-bond donors (Lipinski definition) is 0. The zero-order valence-corrected chi connectivity index (χ0v) is 12.7. The van der Waals surface area contributed by atoms with Crippen LogP contribution >= 0.6 is 0 Å². The van der Waals surface area contributed by atoms with Crippen molar-refractivity contribution in [2.75, 3.05) is 13.7 Å². The van der Waals surface area contributed by atoms with E-state index in [1.807, 2.05) is 56.3 Å². The summed E-state index contributed by atoms with van der Waals surface area (Å²) < 4.78 is 10.9. The molecule has 0 unspecified atom stereocenters. The number of carbonyl (C=O) groups is 1. The number of carbonyl (C=O) groups excluding carboxylic acids is 1. The Morgan fingerprint density at radius 2 is 1.81 bits per heavy atom. The van der Waals surface area contributed by atoms with Crippen LogP contribution in [0.2, 0.25) is 0 Å². The average molecular weight is 284 g/mol. The maximum Gasteiger partial charge on any atom is 0.170 e. The normalized spacial score (nSPS) is 10.2. The molecule has 0 saturated heterocycles. The molecule has 0 radical (unpaired) electrons. The van der Waals surface area contributed by atoms with Crippen molar-refractivity contribution in [1.29, 1.82) is 0 Å². The fourth-order valence-corrected chi connectivity index (χ4v) is 2.14. The lowest BCUT2D eigenvalue weighted by molar-refractivity contribution is 0.0959. The Hall–Kier alpha value is -2.29. The third-order valence-corrected chi connectivity index (χ3v) is 3.24. The first kappa shape index (κ1) is 15.1. The smallest absolute Gasteiger partial charge is 0.170 e. The molecule has 0 atom stereocenters. The number of ketones is 1. The monoisotopic (exact) mass is 284 g/mol. The first-order valence-corrected chi connectivity index (χ1v) is 6.97. The van der Waals surface area contributed by atoms with Crippen molar-refractivity contribution in [3.63, 3.8) is 0 Å². The topological polar surface area (TPSA) is 35.5 Å². The van der Waals surface area contributed by atoms with E-state index >= 15 is 0 Å². The second-order valence-corrected chi connectivity index (χ2v) is 5.04. The standard InChI is InChI=1S/C18H20O3/c1-13-5-4-6-15(11-13)21-10-9-17(19)16-12-14(2)7-8-18(16)20-3/h4-8,11-12H,9-10H2,1-3H3. The lowest BCUT2D eigenvalue weighted by atomic mass is 10.0. The second-order valence-electron chi connectivity index (χ2n) is 5.04. The van der Waals surface area contributed by atoms with Crippen molar-refractivity contribution in [1.82, 2.24) is 0 Å². The van der Waals surface area contributed by atoms with Gasteiger partial charge in [0.15, 0.2) is 5.78 Å². The maximum atomic E-state index is 12.3. The van der Waals surface area contributed by atoms with Crippen LogP contribution in [-0.2, 0) is 0 Å². The number of Topliss-reactive ketones (excluding diaryl/α,β-unsaturated/α-hetero) is 1. The summed E-state index contributed by atoms with van der Waals surface area (Å²) in [7, 11) is 1.57. The third kappa shape index (κ3) is 4.09. The van der Waals surface area contributed by atoms with E-state index in [1.54, 1.807) is 7.11 Å². The molecular formula is C18H20O3. The molecule has 110 valence electrons. The lowest BCUT2D eigenvalue weighted by Crippen LogP contribution is -2.08. The molecule has 0 amide bonds. The molecule has 2 aromatic rings. The van der Waals surface area contributed by atoms with Gasteiger partial charge in [-0.25, -0.2) is 0 Å². The maximum absolute atomic E-state index is 12.3. The lowest BCUT2D eigenvalue weighted by Gasteiger charge is -2.10. The van der Waals surface area contributed by atoms with E-state index in [9.17, 15) is 4.79 Å². The average Bonchev–Trinajstić information content (AvgIpc) is 2.47. The number of ether oxygens (including phenoxy) is 2. The largest absolute Gasteiger partial charge is 0.496 e. The van der Waals surface area contributed by atoms with Gasteiger partial charge >= 0.3 is 0 Å². The predicted octanol–water partition coefficient (Wildman–Crippen LogP) is 3.96. The highest BCUT2D eigenvalue weighted by Crippen LogP contribution is 2.21. The molecule has 21 heavy (non-hydrogen) atoms. The van der Waals surface area contributed by atoms with E-state index in [0.717, 1.165) is 16.9 Å². The van der Waals surface area contributed by atoms with E-state index in [0.29, 0.717) is 24.3 Å². The van der Waals surface area contributed by atoms with E-state index in [4.69, 9.17) is 9.47 Å². The summed E-state index contributed by atoms with van der Waals surface area (Å²) in [6, 6.07) is 13.4. The number of benzene rings is 2.